The van der Waals surface area contributed by atoms with Crippen LogP contribution in [-0.2, 0) is 4.79 Å². The molecular weight excluding hydrogens is 214 g/mol. The van der Waals surface area contributed by atoms with Gasteiger partial charge in [-0.1, -0.05) is 6.92 Å². The molecule has 0 aromatic heterocycles. The summed E-state index contributed by atoms with van der Waals surface area (Å²) in [4.78, 5) is 16.6. The fourth-order valence-corrected chi connectivity index (χ4v) is 3.07. The highest BCUT2D eigenvalue weighted by molar-refractivity contribution is 5.76. The van der Waals surface area contributed by atoms with Crippen LogP contribution in [0.15, 0.2) is 0 Å². The molecule has 2 saturated heterocycles. The average Bonchev–Trinajstić information content (AvgIpc) is 2.53. The average molecular weight is 239 g/mol. The fraction of sp³-hybridized carbons (Fsp3) is 0.923. The summed E-state index contributed by atoms with van der Waals surface area (Å²) in [6, 6.07) is 1.32. The molecule has 2 aliphatic heterocycles. The van der Waals surface area contributed by atoms with E-state index in [4.69, 9.17) is 0 Å². The van der Waals surface area contributed by atoms with Crippen LogP contribution in [0, 0.1) is 0 Å². The van der Waals surface area contributed by atoms with Crippen LogP contribution in [-0.4, -0.2) is 61.0 Å². The van der Waals surface area contributed by atoms with E-state index in [1.807, 2.05) is 0 Å². The Hall–Kier alpha value is -0.610. The zero-order chi connectivity index (χ0) is 12.3. The van der Waals surface area contributed by atoms with Crippen LogP contribution < -0.4 is 5.32 Å². The number of rotatable bonds is 4. The summed E-state index contributed by atoms with van der Waals surface area (Å²) in [5, 5.41) is 3.22. The Morgan fingerprint density at radius 2 is 2.06 bits per heavy atom. The molecule has 2 heterocycles. The van der Waals surface area contributed by atoms with Gasteiger partial charge in [-0.2, -0.15) is 0 Å². The lowest BCUT2D eigenvalue weighted by molar-refractivity contribution is -0.131. The third-order valence-corrected chi connectivity index (χ3v) is 4.27. The van der Waals surface area contributed by atoms with Gasteiger partial charge in [-0.25, -0.2) is 0 Å². The third kappa shape index (κ3) is 2.99. The summed E-state index contributed by atoms with van der Waals surface area (Å²) in [7, 11) is 2.22. The topological polar surface area (TPSA) is 35.6 Å². The van der Waals surface area contributed by atoms with Gasteiger partial charge in [-0.3, -0.25) is 9.69 Å². The van der Waals surface area contributed by atoms with E-state index in [-0.39, 0.29) is 0 Å². The van der Waals surface area contributed by atoms with Crippen LogP contribution in [0.1, 0.15) is 32.6 Å². The van der Waals surface area contributed by atoms with E-state index >= 15 is 0 Å². The van der Waals surface area contributed by atoms with Crippen molar-refractivity contribution < 1.29 is 4.79 Å². The van der Waals surface area contributed by atoms with Gasteiger partial charge in [0.2, 0.25) is 5.91 Å². The van der Waals surface area contributed by atoms with Crippen molar-refractivity contribution in [2.24, 2.45) is 0 Å². The van der Waals surface area contributed by atoms with Crippen LogP contribution in [0.3, 0.4) is 0 Å². The maximum absolute atomic E-state index is 12.1. The predicted octanol–water partition coefficient (Wildman–Crippen LogP) is 0.681. The zero-order valence-corrected chi connectivity index (χ0v) is 11.1. The van der Waals surface area contributed by atoms with E-state index in [2.05, 4.69) is 29.1 Å². The van der Waals surface area contributed by atoms with Gasteiger partial charge in [-0.15, -0.1) is 0 Å². The van der Waals surface area contributed by atoms with Gasteiger partial charge < -0.3 is 10.2 Å². The molecule has 2 aliphatic rings. The number of amides is 1. The molecule has 2 fully saturated rings. The molecule has 0 aliphatic carbocycles. The Morgan fingerprint density at radius 3 is 2.82 bits per heavy atom. The number of carbonyl (C=O) groups excluding carboxylic acids is 1. The van der Waals surface area contributed by atoms with Crippen molar-refractivity contribution in [3.05, 3.63) is 0 Å². The maximum atomic E-state index is 12.1. The Bertz CT molecular complexity index is 269. The number of hydrogen-bond acceptors (Lipinski definition) is 3. The lowest BCUT2D eigenvalue weighted by Crippen LogP contribution is -2.40. The molecule has 2 bridgehead atoms. The molecule has 17 heavy (non-hydrogen) atoms. The molecule has 0 aromatic rings. The molecule has 2 rings (SSSR count). The zero-order valence-electron chi connectivity index (χ0n) is 11.1. The second kappa shape index (κ2) is 5.83. The normalized spacial score (nSPS) is 29.4. The second-order valence-corrected chi connectivity index (χ2v) is 5.28. The number of fused-ring (bicyclic) bond motifs is 2. The minimum absolute atomic E-state index is 0.326. The highest BCUT2D eigenvalue weighted by atomic mass is 16.2. The summed E-state index contributed by atoms with van der Waals surface area (Å²) in [5.41, 5.74) is 0. The van der Waals surface area contributed by atoms with Crippen molar-refractivity contribution in [1.82, 2.24) is 15.1 Å². The summed E-state index contributed by atoms with van der Waals surface area (Å²) in [6.07, 6.45) is 4.38. The molecule has 2 unspecified atom stereocenters. The molecule has 0 spiro atoms. The number of likely N-dealkylation sites (tertiary alicyclic amines) is 1. The first-order chi connectivity index (χ1) is 8.22. The Kier molecular flexibility index (Phi) is 4.40. The van der Waals surface area contributed by atoms with Gasteiger partial charge in [0.25, 0.3) is 0 Å². The first-order valence-electron chi connectivity index (χ1n) is 6.92. The van der Waals surface area contributed by atoms with E-state index in [0.717, 1.165) is 32.6 Å². The minimum atomic E-state index is 0.326. The van der Waals surface area contributed by atoms with Gasteiger partial charge in [0.05, 0.1) is 0 Å². The molecule has 1 N–H and O–H groups in total. The van der Waals surface area contributed by atoms with Crippen LogP contribution in [0.25, 0.3) is 0 Å². The van der Waals surface area contributed by atoms with Crippen LogP contribution in [0.2, 0.25) is 0 Å². The smallest absolute Gasteiger partial charge is 0.223 e. The molecule has 0 radical (unpaired) electrons. The number of nitrogens with one attached hydrogen (secondary N) is 1. The highest BCUT2D eigenvalue weighted by Gasteiger charge is 2.35. The quantitative estimate of drug-likeness (QED) is 0.733. The van der Waals surface area contributed by atoms with Crippen molar-refractivity contribution >= 4 is 5.91 Å². The van der Waals surface area contributed by atoms with Gasteiger partial charge in [0.1, 0.15) is 0 Å². The van der Waals surface area contributed by atoms with Gasteiger partial charge >= 0.3 is 0 Å². The molecule has 4 nitrogen and oxygen atoms in total. The van der Waals surface area contributed by atoms with Crippen molar-refractivity contribution in [2.75, 3.05) is 33.2 Å². The van der Waals surface area contributed by atoms with Gasteiger partial charge in [0, 0.05) is 38.1 Å². The number of hydrogen-bond donors (Lipinski definition) is 1. The van der Waals surface area contributed by atoms with Crippen molar-refractivity contribution in [2.45, 2.75) is 44.7 Å². The molecular formula is C13H25N3O. The van der Waals surface area contributed by atoms with Gasteiger partial charge in [0.15, 0.2) is 0 Å². The van der Waals surface area contributed by atoms with E-state index in [9.17, 15) is 4.79 Å². The van der Waals surface area contributed by atoms with Crippen LogP contribution >= 0.6 is 0 Å². The van der Waals surface area contributed by atoms with E-state index in [0.29, 0.717) is 24.4 Å². The van der Waals surface area contributed by atoms with Crippen LogP contribution in [0.4, 0.5) is 0 Å². The highest BCUT2D eigenvalue weighted by Crippen LogP contribution is 2.28. The van der Waals surface area contributed by atoms with E-state index in [1.54, 1.807) is 0 Å². The van der Waals surface area contributed by atoms with Crippen molar-refractivity contribution in [1.29, 1.82) is 0 Å². The van der Waals surface area contributed by atoms with Crippen LogP contribution in [0.5, 0.6) is 0 Å². The number of likely N-dealkylation sites (N-methyl/N-ethyl adjacent to an activating group) is 1. The summed E-state index contributed by atoms with van der Waals surface area (Å²) in [6.45, 7) is 5.73. The first-order valence-corrected chi connectivity index (χ1v) is 6.92. The predicted molar refractivity (Wildman–Crippen MR) is 68.9 cm³/mol. The van der Waals surface area contributed by atoms with Gasteiger partial charge in [-0.05, 0) is 32.9 Å². The monoisotopic (exact) mass is 239 g/mol. The second-order valence-electron chi connectivity index (χ2n) is 5.28. The summed E-state index contributed by atoms with van der Waals surface area (Å²) in [5.74, 6) is 0.326. The lowest BCUT2D eigenvalue weighted by atomic mass is 10.1. The molecule has 98 valence electrons. The van der Waals surface area contributed by atoms with E-state index in [1.165, 1.54) is 12.8 Å². The Morgan fingerprint density at radius 1 is 1.29 bits per heavy atom. The van der Waals surface area contributed by atoms with E-state index < -0.39 is 0 Å². The minimum Gasteiger partial charge on any atom is -0.341 e. The van der Waals surface area contributed by atoms with Crippen molar-refractivity contribution in [3.63, 3.8) is 0 Å². The molecule has 1 amide bonds. The summed E-state index contributed by atoms with van der Waals surface area (Å²) < 4.78 is 0. The lowest BCUT2D eigenvalue weighted by Gasteiger charge is -2.25. The maximum Gasteiger partial charge on any atom is 0.223 e. The third-order valence-electron chi connectivity index (χ3n) is 4.27. The largest absolute Gasteiger partial charge is 0.341 e. The first kappa shape index (κ1) is 12.8. The summed E-state index contributed by atoms with van der Waals surface area (Å²) >= 11 is 0. The molecule has 0 saturated carbocycles. The Balaban J connectivity index is 1.83. The standard InChI is InChI=1S/C13H25N3O/c1-3-14-8-6-13(17)16-9-7-11-4-5-12(10-16)15(11)2/h11-12,14H,3-10H2,1-2H3. The molecule has 4 heteroatoms. The Labute approximate surface area is 104 Å². The molecule has 2 atom stereocenters. The fourth-order valence-electron chi connectivity index (χ4n) is 3.07. The SMILES string of the molecule is CCNCCC(=O)N1CCC2CCC(C1)N2C. The van der Waals surface area contributed by atoms with Crippen molar-refractivity contribution in [3.8, 4) is 0 Å². The number of nitrogens with zero attached hydrogens (tertiary/aromatic N) is 2. The number of carbonyl (C=O) groups is 1. The molecule has 0 aromatic carbocycles.